The van der Waals surface area contributed by atoms with E-state index in [0.29, 0.717) is 22.9 Å². The number of nitrogens with zero attached hydrogens (tertiary/aromatic N) is 2. The number of rotatable bonds is 8. The molecule has 1 saturated heterocycles. The molecule has 2 fully saturated rings. The summed E-state index contributed by atoms with van der Waals surface area (Å²) in [6.07, 6.45) is -4.60. The number of ether oxygens (including phenoxy) is 2. The first-order chi connectivity index (χ1) is 18.5. The van der Waals surface area contributed by atoms with Crippen molar-refractivity contribution in [1.82, 2.24) is 10.6 Å². The first-order valence-electron chi connectivity index (χ1n) is 11.9. The van der Waals surface area contributed by atoms with Gasteiger partial charge in [0.15, 0.2) is 0 Å². The van der Waals surface area contributed by atoms with Gasteiger partial charge in [-0.15, -0.1) is 24.5 Å². The van der Waals surface area contributed by atoms with Gasteiger partial charge in [-0.1, -0.05) is 11.6 Å². The van der Waals surface area contributed by atoms with E-state index in [1.54, 1.807) is 0 Å². The first kappa shape index (κ1) is 28.6. The Labute approximate surface area is 230 Å². The fourth-order valence-corrected chi connectivity index (χ4v) is 4.82. The van der Waals surface area contributed by atoms with Crippen molar-refractivity contribution < 1.29 is 41.8 Å². The highest BCUT2D eigenvalue weighted by atomic mass is 35.5. The number of thiophene rings is 1. The van der Waals surface area contributed by atoms with Gasteiger partial charge >= 0.3 is 12.4 Å². The lowest BCUT2D eigenvalue weighted by molar-refractivity contribution is -0.151. The molecule has 10 nitrogen and oxygen atoms in total. The number of benzene rings is 1. The van der Waals surface area contributed by atoms with E-state index in [1.807, 2.05) is 0 Å². The third-order valence-corrected chi connectivity index (χ3v) is 7.29. The molecule has 2 heterocycles. The number of alkyl carbamates (subject to hydrolysis) is 1. The lowest BCUT2D eigenvalue weighted by Gasteiger charge is -2.31. The lowest BCUT2D eigenvalue weighted by atomic mass is 9.96. The quantitative estimate of drug-likeness (QED) is 0.454. The second-order valence-corrected chi connectivity index (χ2v) is 10.4. The first-order valence-corrected chi connectivity index (χ1v) is 13.1. The second kappa shape index (κ2) is 12.2. The normalized spacial score (nSPS) is 16.7. The van der Waals surface area contributed by atoms with Gasteiger partial charge < -0.3 is 25.0 Å². The van der Waals surface area contributed by atoms with Crippen LogP contribution in [0.5, 0.6) is 0 Å². The number of hydrogen-bond donors (Lipinski definition) is 2. The summed E-state index contributed by atoms with van der Waals surface area (Å²) >= 11 is 6.77. The molecule has 4 rings (SSSR count). The minimum atomic E-state index is -5.18. The highest BCUT2D eigenvalue weighted by molar-refractivity contribution is 7.18. The minimum Gasteiger partial charge on any atom is -0.446 e. The van der Waals surface area contributed by atoms with Crippen molar-refractivity contribution in [3.63, 3.8) is 0 Å². The van der Waals surface area contributed by atoms with E-state index in [2.05, 4.69) is 10.6 Å². The van der Waals surface area contributed by atoms with Gasteiger partial charge in [-0.2, -0.15) is 0 Å². The van der Waals surface area contributed by atoms with Crippen LogP contribution in [0.15, 0.2) is 36.4 Å². The van der Waals surface area contributed by atoms with Gasteiger partial charge in [0.25, 0.3) is 17.7 Å². The molecule has 1 aromatic carbocycles. The average Bonchev–Trinajstić information content (AvgIpc) is 3.30. The van der Waals surface area contributed by atoms with Crippen molar-refractivity contribution >= 4 is 58.1 Å². The molecule has 0 spiro atoms. The molecule has 2 aromatic rings. The summed E-state index contributed by atoms with van der Waals surface area (Å²) in [6, 6.07) is 5.70. The molecular weight excluding hydrogens is 565 g/mol. The predicted octanol–water partition coefficient (Wildman–Crippen LogP) is 3.69. The summed E-state index contributed by atoms with van der Waals surface area (Å²) in [5, 5.41) is 4.53. The van der Waals surface area contributed by atoms with Crippen LogP contribution >= 0.6 is 22.9 Å². The fourth-order valence-electron chi connectivity index (χ4n) is 3.86. The molecular formula is C24H24ClF3N4O6S. The number of alkyl halides is 3. The molecule has 1 saturated carbocycles. The van der Waals surface area contributed by atoms with Crippen LogP contribution < -0.4 is 20.4 Å². The third kappa shape index (κ3) is 7.19. The zero-order chi connectivity index (χ0) is 28.2. The van der Waals surface area contributed by atoms with Crippen LogP contribution in [0.2, 0.25) is 4.34 Å². The molecule has 2 aliphatic rings. The van der Waals surface area contributed by atoms with E-state index < -0.39 is 53.5 Å². The number of halogens is 4. The summed E-state index contributed by atoms with van der Waals surface area (Å²) in [7, 11) is 0. The Kier molecular flexibility index (Phi) is 8.97. The standard InChI is InChI=1S/C24H24ClF3N4O6S/c25-19-9-8-18(39-19)21(34)29-12-17(30-23(36)38-16-2-1-3-16)22(35)32(24(26,27)28)15-6-4-14(5-7-15)31-10-11-37-13-20(31)33/h4-9,16-17H,1-3,10-13H2,(H,29,34)(H,30,36)/t17-/m0/s1. The van der Waals surface area contributed by atoms with Crippen LogP contribution in [0.25, 0.3) is 0 Å². The van der Waals surface area contributed by atoms with Crippen LogP contribution in [0, 0.1) is 0 Å². The van der Waals surface area contributed by atoms with Crippen LogP contribution in [0.4, 0.5) is 29.3 Å². The van der Waals surface area contributed by atoms with Crippen molar-refractivity contribution in [2.45, 2.75) is 37.7 Å². The van der Waals surface area contributed by atoms with Gasteiger partial charge in [0.05, 0.1) is 21.5 Å². The maximum absolute atomic E-state index is 14.2. The Hall–Kier alpha value is -3.36. The molecule has 4 amide bonds. The summed E-state index contributed by atoms with van der Waals surface area (Å²) in [4.78, 5) is 51.3. The van der Waals surface area contributed by atoms with Gasteiger partial charge in [0, 0.05) is 18.8 Å². The van der Waals surface area contributed by atoms with Crippen molar-refractivity contribution in [3.8, 4) is 0 Å². The molecule has 0 bridgehead atoms. The van der Waals surface area contributed by atoms with Gasteiger partial charge in [-0.05, 0) is 55.7 Å². The number of carbonyl (C=O) groups is 4. The maximum atomic E-state index is 14.2. The number of amides is 4. The lowest BCUT2D eigenvalue weighted by Crippen LogP contribution is -2.57. The summed E-state index contributed by atoms with van der Waals surface area (Å²) in [5.41, 5.74) is -0.213. The van der Waals surface area contributed by atoms with Crippen molar-refractivity contribution in [1.29, 1.82) is 0 Å². The molecule has 0 unspecified atom stereocenters. The molecule has 1 aliphatic heterocycles. The van der Waals surface area contributed by atoms with Crippen molar-refractivity contribution in [3.05, 3.63) is 45.6 Å². The Morgan fingerprint density at radius 1 is 1.18 bits per heavy atom. The molecule has 0 radical (unpaired) electrons. The summed E-state index contributed by atoms with van der Waals surface area (Å²) < 4.78 is 53.1. The van der Waals surface area contributed by atoms with Gasteiger partial charge in [-0.3, -0.25) is 14.4 Å². The number of nitrogens with one attached hydrogen (secondary N) is 2. The van der Waals surface area contributed by atoms with Crippen LogP contribution in [-0.4, -0.2) is 68.6 Å². The Balaban J connectivity index is 1.55. The third-order valence-electron chi connectivity index (χ3n) is 6.06. The van der Waals surface area contributed by atoms with Crippen LogP contribution in [0.1, 0.15) is 28.9 Å². The number of anilines is 2. The zero-order valence-electron chi connectivity index (χ0n) is 20.3. The van der Waals surface area contributed by atoms with Crippen LogP contribution in [-0.2, 0) is 19.1 Å². The largest absolute Gasteiger partial charge is 0.491 e. The highest BCUT2D eigenvalue weighted by Gasteiger charge is 2.45. The van der Waals surface area contributed by atoms with Gasteiger partial charge in [-0.25, -0.2) is 9.69 Å². The smallest absolute Gasteiger partial charge is 0.446 e. The highest BCUT2D eigenvalue weighted by Crippen LogP contribution is 2.31. The predicted molar refractivity (Wildman–Crippen MR) is 136 cm³/mol. The number of morpholine rings is 1. The van der Waals surface area contributed by atoms with E-state index in [4.69, 9.17) is 21.1 Å². The molecule has 15 heteroatoms. The SMILES string of the molecule is O=C(N[C@@H](CNC(=O)c1ccc(Cl)s1)C(=O)N(c1ccc(N2CCOCC2=O)cc1)C(F)(F)F)OC1CCC1. The van der Waals surface area contributed by atoms with Gasteiger partial charge in [0.1, 0.15) is 18.8 Å². The fraction of sp³-hybridized carbons (Fsp3) is 0.417. The van der Waals surface area contributed by atoms with Gasteiger partial charge in [0.2, 0.25) is 0 Å². The van der Waals surface area contributed by atoms with E-state index in [1.165, 1.54) is 29.2 Å². The summed E-state index contributed by atoms with van der Waals surface area (Å²) in [5.74, 6) is -2.58. The van der Waals surface area contributed by atoms with Crippen LogP contribution in [0.3, 0.4) is 0 Å². The minimum absolute atomic E-state index is 0.150. The Morgan fingerprint density at radius 3 is 2.46 bits per heavy atom. The molecule has 2 N–H and O–H groups in total. The number of hydrogen-bond acceptors (Lipinski definition) is 7. The molecule has 1 atom stereocenters. The van der Waals surface area contributed by atoms with E-state index >= 15 is 0 Å². The van der Waals surface area contributed by atoms with Crippen molar-refractivity contribution in [2.24, 2.45) is 0 Å². The molecule has 1 aliphatic carbocycles. The summed E-state index contributed by atoms with van der Waals surface area (Å²) in [6.45, 7) is -0.304. The zero-order valence-corrected chi connectivity index (χ0v) is 21.9. The maximum Gasteiger partial charge on any atom is 0.491 e. The molecule has 39 heavy (non-hydrogen) atoms. The Morgan fingerprint density at radius 2 is 1.90 bits per heavy atom. The van der Waals surface area contributed by atoms with E-state index in [0.717, 1.165) is 29.9 Å². The Bertz CT molecular complexity index is 1220. The monoisotopic (exact) mass is 588 g/mol. The van der Waals surface area contributed by atoms with E-state index in [-0.39, 0.29) is 30.5 Å². The topological polar surface area (TPSA) is 117 Å². The second-order valence-electron chi connectivity index (χ2n) is 8.72. The molecule has 1 aromatic heterocycles. The van der Waals surface area contributed by atoms with E-state index in [9.17, 15) is 32.3 Å². The average molecular weight is 589 g/mol. The van der Waals surface area contributed by atoms with Crippen molar-refractivity contribution in [2.75, 3.05) is 36.1 Å². The number of carbonyl (C=O) groups excluding carboxylic acids is 4. The molecule has 210 valence electrons.